The number of nitrogens with zero attached hydrogens (tertiary/aromatic N) is 1. The Kier molecular flexibility index (Phi) is 3.87. The van der Waals surface area contributed by atoms with Gasteiger partial charge < -0.3 is 10.6 Å². The van der Waals surface area contributed by atoms with Crippen molar-refractivity contribution in [1.82, 2.24) is 0 Å². The van der Waals surface area contributed by atoms with E-state index in [2.05, 4.69) is 15.9 Å². The molecule has 1 atom stereocenters. The van der Waals surface area contributed by atoms with Crippen molar-refractivity contribution in [3.8, 4) is 0 Å². The zero-order chi connectivity index (χ0) is 13.3. The minimum Gasteiger partial charge on any atom is -0.370 e. The zero-order valence-corrected chi connectivity index (χ0v) is 11.3. The summed E-state index contributed by atoms with van der Waals surface area (Å²) in [6.45, 7) is 1.37. The first-order valence-corrected chi connectivity index (χ1v) is 6.54. The van der Waals surface area contributed by atoms with Crippen molar-refractivity contribution in [2.75, 3.05) is 18.0 Å². The van der Waals surface area contributed by atoms with Gasteiger partial charge in [-0.2, -0.15) is 13.2 Å². The quantitative estimate of drug-likeness (QED) is 0.858. The van der Waals surface area contributed by atoms with E-state index in [4.69, 9.17) is 5.73 Å². The van der Waals surface area contributed by atoms with Crippen LogP contribution in [-0.4, -0.2) is 19.1 Å². The molecule has 1 fully saturated rings. The van der Waals surface area contributed by atoms with E-state index in [1.807, 2.05) is 4.90 Å². The van der Waals surface area contributed by atoms with Gasteiger partial charge in [0, 0.05) is 29.3 Å². The minimum absolute atomic E-state index is 0.0386. The van der Waals surface area contributed by atoms with Gasteiger partial charge in [-0.25, -0.2) is 0 Å². The summed E-state index contributed by atoms with van der Waals surface area (Å²) in [7, 11) is 0. The molecule has 0 aliphatic carbocycles. The van der Waals surface area contributed by atoms with Crippen molar-refractivity contribution in [3.05, 3.63) is 28.2 Å². The first-order valence-electron chi connectivity index (χ1n) is 5.75. The Morgan fingerprint density at radius 1 is 1.33 bits per heavy atom. The molecular formula is C12H14BrF3N2. The molecule has 1 aliphatic rings. The fourth-order valence-electron chi connectivity index (χ4n) is 2.17. The second-order valence-electron chi connectivity index (χ2n) is 4.51. The number of alkyl halides is 3. The maximum absolute atomic E-state index is 12.8. The number of hydrogen-bond acceptors (Lipinski definition) is 2. The highest BCUT2D eigenvalue weighted by Gasteiger charge is 2.33. The third-order valence-electron chi connectivity index (χ3n) is 3.08. The number of halogens is 4. The molecule has 1 saturated heterocycles. The summed E-state index contributed by atoms with van der Waals surface area (Å²) in [4.78, 5) is 1.91. The monoisotopic (exact) mass is 322 g/mol. The van der Waals surface area contributed by atoms with E-state index in [0.29, 0.717) is 12.2 Å². The lowest BCUT2D eigenvalue weighted by Gasteiger charge is -2.33. The van der Waals surface area contributed by atoms with E-state index >= 15 is 0 Å². The fourth-order valence-corrected chi connectivity index (χ4v) is 2.64. The third-order valence-corrected chi connectivity index (χ3v) is 3.77. The molecule has 0 amide bonds. The second-order valence-corrected chi connectivity index (χ2v) is 5.36. The van der Waals surface area contributed by atoms with Crippen LogP contribution in [-0.2, 0) is 6.18 Å². The standard InChI is InChI=1S/C12H14BrF3N2/c13-11-4-3-9(6-10(11)12(14,15)16)18-5-1-2-8(17)7-18/h3-4,6,8H,1-2,5,7,17H2. The van der Waals surface area contributed by atoms with Gasteiger partial charge in [-0.1, -0.05) is 15.9 Å². The Labute approximate surface area is 112 Å². The van der Waals surface area contributed by atoms with Gasteiger partial charge in [0.05, 0.1) is 5.56 Å². The molecular weight excluding hydrogens is 309 g/mol. The molecule has 0 bridgehead atoms. The smallest absolute Gasteiger partial charge is 0.370 e. The van der Waals surface area contributed by atoms with Crippen molar-refractivity contribution in [3.63, 3.8) is 0 Å². The van der Waals surface area contributed by atoms with Gasteiger partial charge in [-0.15, -0.1) is 0 Å². The Balaban J connectivity index is 2.29. The van der Waals surface area contributed by atoms with Gasteiger partial charge in [-0.3, -0.25) is 0 Å². The first kappa shape index (κ1) is 13.7. The molecule has 2 nitrogen and oxygen atoms in total. The second kappa shape index (κ2) is 5.09. The van der Waals surface area contributed by atoms with Crippen molar-refractivity contribution in [1.29, 1.82) is 0 Å². The lowest BCUT2D eigenvalue weighted by atomic mass is 10.1. The van der Waals surface area contributed by atoms with Crippen LogP contribution in [0.3, 0.4) is 0 Å². The molecule has 0 aromatic heterocycles. The normalized spacial score (nSPS) is 21.2. The predicted octanol–water partition coefficient (Wildman–Crippen LogP) is 3.40. The summed E-state index contributed by atoms with van der Waals surface area (Å²) >= 11 is 2.94. The van der Waals surface area contributed by atoms with E-state index in [9.17, 15) is 13.2 Å². The number of hydrogen-bond donors (Lipinski definition) is 1. The van der Waals surface area contributed by atoms with Crippen molar-refractivity contribution < 1.29 is 13.2 Å². The molecule has 1 aromatic carbocycles. The maximum Gasteiger partial charge on any atom is 0.417 e. The van der Waals surface area contributed by atoms with Gasteiger partial charge >= 0.3 is 6.18 Å². The highest BCUT2D eigenvalue weighted by atomic mass is 79.9. The summed E-state index contributed by atoms with van der Waals surface area (Å²) < 4.78 is 38.5. The molecule has 18 heavy (non-hydrogen) atoms. The summed E-state index contributed by atoms with van der Waals surface area (Å²) in [5.74, 6) is 0. The van der Waals surface area contributed by atoms with E-state index in [-0.39, 0.29) is 10.5 Å². The van der Waals surface area contributed by atoms with Gasteiger partial charge in [0.15, 0.2) is 0 Å². The lowest BCUT2D eigenvalue weighted by Crippen LogP contribution is -2.42. The Morgan fingerprint density at radius 3 is 2.67 bits per heavy atom. The summed E-state index contributed by atoms with van der Waals surface area (Å²) in [6, 6.07) is 4.36. The predicted molar refractivity (Wildman–Crippen MR) is 68.6 cm³/mol. The molecule has 1 aliphatic heterocycles. The van der Waals surface area contributed by atoms with Crippen LogP contribution in [0.25, 0.3) is 0 Å². The van der Waals surface area contributed by atoms with Crippen LogP contribution in [0.15, 0.2) is 22.7 Å². The molecule has 2 rings (SSSR count). The summed E-state index contributed by atoms with van der Waals surface area (Å²) in [5, 5.41) is 0. The number of benzene rings is 1. The van der Waals surface area contributed by atoms with E-state index < -0.39 is 11.7 Å². The van der Waals surface area contributed by atoms with E-state index in [1.165, 1.54) is 12.1 Å². The maximum atomic E-state index is 12.8. The van der Waals surface area contributed by atoms with Gasteiger partial charge in [0.2, 0.25) is 0 Å². The average Bonchev–Trinajstić information content (AvgIpc) is 2.28. The van der Waals surface area contributed by atoms with Crippen LogP contribution in [0.5, 0.6) is 0 Å². The third kappa shape index (κ3) is 2.98. The molecule has 100 valence electrons. The highest BCUT2D eigenvalue weighted by Crippen LogP contribution is 2.37. The number of rotatable bonds is 1. The van der Waals surface area contributed by atoms with Gasteiger partial charge in [-0.05, 0) is 31.0 Å². The molecule has 0 saturated carbocycles. The lowest BCUT2D eigenvalue weighted by molar-refractivity contribution is -0.138. The molecule has 2 N–H and O–H groups in total. The highest BCUT2D eigenvalue weighted by molar-refractivity contribution is 9.10. The molecule has 1 unspecified atom stereocenters. The van der Waals surface area contributed by atoms with Crippen molar-refractivity contribution in [2.45, 2.75) is 25.1 Å². The number of anilines is 1. The molecule has 1 aromatic rings. The van der Waals surface area contributed by atoms with Gasteiger partial charge in [0.25, 0.3) is 0 Å². The summed E-state index contributed by atoms with van der Waals surface area (Å²) in [5.41, 5.74) is 5.79. The van der Waals surface area contributed by atoms with Crippen LogP contribution >= 0.6 is 15.9 Å². The zero-order valence-electron chi connectivity index (χ0n) is 9.67. The average molecular weight is 323 g/mol. The SMILES string of the molecule is NC1CCCN(c2ccc(Br)c(C(F)(F)F)c2)C1. The Bertz CT molecular complexity index is 434. The molecule has 0 radical (unpaired) electrons. The van der Waals surface area contributed by atoms with Crippen LogP contribution in [0.1, 0.15) is 18.4 Å². The summed E-state index contributed by atoms with van der Waals surface area (Å²) in [6.07, 6.45) is -2.50. The van der Waals surface area contributed by atoms with E-state index in [1.54, 1.807) is 6.07 Å². The molecule has 6 heteroatoms. The Morgan fingerprint density at radius 2 is 2.06 bits per heavy atom. The largest absolute Gasteiger partial charge is 0.417 e. The fraction of sp³-hybridized carbons (Fsp3) is 0.500. The van der Waals surface area contributed by atoms with Crippen molar-refractivity contribution in [2.24, 2.45) is 5.73 Å². The number of piperidine rings is 1. The minimum atomic E-state index is -4.34. The van der Waals surface area contributed by atoms with Crippen molar-refractivity contribution >= 4 is 21.6 Å². The molecule has 0 spiro atoms. The van der Waals surface area contributed by atoms with Gasteiger partial charge in [0.1, 0.15) is 0 Å². The van der Waals surface area contributed by atoms with Crippen LogP contribution in [0.4, 0.5) is 18.9 Å². The first-order chi connectivity index (χ1) is 8.38. The van der Waals surface area contributed by atoms with E-state index in [0.717, 1.165) is 19.4 Å². The van der Waals surface area contributed by atoms with Crippen LogP contribution in [0, 0.1) is 0 Å². The van der Waals surface area contributed by atoms with Crippen LogP contribution < -0.4 is 10.6 Å². The van der Waals surface area contributed by atoms with Crippen LogP contribution in [0.2, 0.25) is 0 Å². The Hall–Kier alpha value is -0.750. The molecule has 1 heterocycles. The topological polar surface area (TPSA) is 29.3 Å². The number of nitrogens with two attached hydrogens (primary N) is 1.